The Labute approximate surface area is 114 Å². The molecule has 0 aliphatic carbocycles. The molecular weight excluding hydrogens is 244 g/mol. The van der Waals surface area contributed by atoms with Gasteiger partial charge in [0.05, 0.1) is 7.11 Å². The standard InChI is InChI=1S/C14H22N2O3/c1-5-16-14(17)10(3)19-12-7-6-11(9(2)15)8-13(12)18-4/h6-10H,5,15H2,1-4H3,(H,16,17)/t9-,10?/m0/s1. The van der Waals surface area contributed by atoms with Crippen LogP contribution in [0.2, 0.25) is 0 Å². The van der Waals surface area contributed by atoms with Crippen LogP contribution < -0.4 is 20.5 Å². The number of nitrogens with two attached hydrogens (primary N) is 1. The van der Waals surface area contributed by atoms with E-state index < -0.39 is 6.10 Å². The third-order valence-electron chi connectivity index (χ3n) is 2.74. The fourth-order valence-corrected chi connectivity index (χ4v) is 1.63. The average Bonchev–Trinajstić information content (AvgIpc) is 2.39. The molecule has 0 saturated carbocycles. The molecule has 0 fully saturated rings. The molecule has 1 aromatic carbocycles. The molecule has 5 nitrogen and oxygen atoms in total. The maximum atomic E-state index is 11.6. The summed E-state index contributed by atoms with van der Waals surface area (Å²) in [7, 11) is 1.56. The predicted octanol–water partition coefficient (Wildman–Crippen LogP) is 1.62. The van der Waals surface area contributed by atoms with Crippen molar-refractivity contribution in [3.05, 3.63) is 23.8 Å². The highest BCUT2D eigenvalue weighted by atomic mass is 16.5. The van der Waals surface area contributed by atoms with Gasteiger partial charge < -0.3 is 20.5 Å². The van der Waals surface area contributed by atoms with Crippen molar-refractivity contribution in [2.45, 2.75) is 32.9 Å². The van der Waals surface area contributed by atoms with Crippen molar-refractivity contribution in [1.82, 2.24) is 5.32 Å². The van der Waals surface area contributed by atoms with Crippen molar-refractivity contribution in [1.29, 1.82) is 0 Å². The summed E-state index contributed by atoms with van der Waals surface area (Å²) < 4.78 is 10.9. The van der Waals surface area contributed by atoms with E-state index in [1.54, 1.807) is 20.1 Å². The van der Waals surface area contributed by atoms with Crippen molar-refractivity contribution in [3.63, 3.8) is 0 Å². The Morgan fingerprint density at radius 2 is 2.05 bits per heavy atom. The van der Waals surface area contributed by atoms with Crippen LogP contribution in [0.5, 0.6) is 11.5 Å². The normalized spacial score (nSPS) is 13.5. The Bertz CT molecular complexity index is 433. The summed E-state index contributed by atoms with van der Waals surface area (Å²) in [6.07, 6.45) is -0.574. The lowest BCUT2D eigenvalue weighted by molar-refractivity contribution is -0.127. The van der Waals surface area contributed by atoms with Crippen molar-refractivity contribution < 1.29 is 14.3 Å². The fraction of sp³-hybridized carbons (Fsp3) is 0.500. The van der Waals surface area contributed by atoms with Crippen LogP contribution >= 0.6 is 0 Å². The maximum Gasteiger partial charge on any atom is 0.260 e. The van der Waals surface area contributed by atoms with E-state index in [4.69, 9.17) is 15.2 Å². The number of hydrogen-bond donors (Lipinski definition) is 2. The molecule has 1 unspecified atom stereocenters. The molecule has 0 aromatic heterocycles. The fourth-order valence-electron chi connectivity index (χ4n) is 1.63. The minimum absolute atomic E-state index is 0.0798. The minimum atomic E-state index is -0.574. The highest BCUT2D eigenvalue weighted by molar-refractivity contribution is 5.80. The molecule has 0 saturated heterocycles. The number of carbonyl (C=O) groups excluding carboxylic acids is 1. The van der Waals surface area contributed by atoms with Crippen molar-refractivity contribution in [2.75, 3.05) is 13.7 Å². The number of nitrogens with one attached hydrogen (secondary N) is 1. The van der Waals surface area contributed by atoms with Gasteiger partial charge >= 0.3 is 0 Å². The van der Waals surface area contributed by atoms with E-state index in [1.807, 2.05) is 26.0 Å². The van der Waals surface area contributed by atoms with Gasteiger partial charge in [0, 0.05) is 12.6 Å². The van der Waals surface area contributed by atoms with E-state index in [9.17, 15) is 4.79 Å². The van der Waals surface area contributed by atoms with Gasteiger partial charge in [-0.2, -0.15) is 0 Å². The molecule has 0 radical (unpaired) electrons. The Balaban J connectivity index is 2.86. The topological polar surface area (TPSA) is 73.6 Å². The van der Waals surface area contributed by atoms with E-state index >= 15 is 0 Å². The number of amides is 1. The summed E-state index contributed by atoms with van der Waals surface area (Å²) in [5.41, 5.74) is 6.77. The summed E-state index contributed by atoms with van der Waals surface area (Å²) in [5.74, 6) is 0.956. The predicted molar refractivity (Wildman–Crippen MR) is 74.4 cm³/mol. The van der Waals surface area contributed by atoms with Gasteiger partial charge in [-0.15, -0.1) is 0 Å². The number of likely N-dealkylation sites (N-methyl/N-ethyl adjacent to an activating group) is 1. The first-order chi connectivity index (χ1) is 8.99. The molecule has 1 aromatic rings. The third-order valence-corrected chi connectivity index (χ3v) is 2.74. The highest BCUT2D eigenvalue weighted by Gasteiger charge is 2.16. The second kappa shape index (κ2) is 6.99. The first-order valence-electron chi connectivity index (χ1n) is 6.37. The van der Waals surface area contributed by atoms with Crippen LogP contribution in [0.1, 0.15) is 32.4 Å². The molecule has 0 aliphatic heterocycles. The van der Waals surface area contributed by atoms with Crippen LogP contribution in [-0.2, 0) is 4.79 Å². The average molecular weight is 266 g/mol. The first-order valence-corrected chi connectivity index (χ1v) is 6.37. The van der Waals surface area contributed by atoms with Crippen LogP contribution in [0.25, 0.3) is 0 Å². The summed E-state index contributed by atoms with van der Waals surface area (Å²) in [6, 6.07) is 5.38. The lowest BCUT2D eigenvalue weighted by Crippen LogP contribution is -2.36. The molecule has 0 bridgehead atoms. The smallest absolute Gasteiger partial charge is 0.260 e. The van der Waals surface area contributed by atoms with Gasteiger partial charge in [-0.3, -0.25) is 4.79 Å². The van der Waals surface area contributed by atoms with Gasteiger partial charge in [0.2, 0.25) is 0 Å². The maximum absolute atomic E-state index is 11.6. The lowest BCUT2D eigenvalue weighted by Gasteiger charge is -2.17. The van der Waals surface area contributed by atoms with E-state index in [0.717, 1.165) is 5.56 Å². The number of ether oxygens (including phenoxy) is 2. The summed E-state index contributed by atoms with van der Waals surface area (Å²) >= 11 is 0. The van der Waals surface area contributed by atoms with Crippen LogP contribution in [-0.4, -0.2) is 25.7 Å². The zero-order chi connectivity index (χ0) is 14.4. The summed E-state index contributed by atoms with van der Waals surface area (Å²) in [6.45, 7) is 6.03. The van der Waals surface area contributed by atoms with Gasteiger partial charge in [-0.1, -0.05) is 6.07 Å². The first kappa shape index (κ1) is 15.3. The number of carbonyl (C=O) groups is 1. The van der Waals surface area contributed by atoms with Gasteiger partial charge in [0.15, 0.2) is 17.6 Å². The zero-order valence-corrected chi connectivity index (χ0v) is 11.9. The molecule has 1 amide bonds. The Kier molecular flexibility index (Phi) is 5.63. The van der Waals surface area contributed by atoms with Crippen molar-refractivity contribution in [2.24, 2.45) is 5.73 Å². The molecule has 0 heterocycles. The number of rotatable bonds is 6. The van der Waals surface area contributed by atoms with Gasteiger partial charge in [-0.05, 0) is 38.5 Å². The van der Waals surface area contributed by atoms with Gasteiger partial charge in [0.1, 0.15) is 0 Å². The highest BCUT2D eigenvalue weighted by Crippen LogP contribution is 2.30. The number of hydrogen-bond acceptors (Lipinski definition) is 4. The monoisotopic (exact) mass is 266 g/mol. The van der Waals surface area contributed by atoms with Crippen molar-refractivity contribution >= 4 is 5.91 Å². The zero-order valence-electron chi connectivity index (χ0n) is 11.9. The SMILES string of the molecule is CCNC(=O)C(C)Oc1ccc([C@H](C)N)cc1OC. The van der Waals surface area contributed by atoms with Gasteiger partial charge in [-0.25, -0.2) is 0 Å². The molecule has 2 atom stereocenters. The Hall–Kier alpha value is -1.75. The largest absolute Gasteiger partial charge is 0.493 e. The molecule has 3 N–H and O–H groups in total. The number of benzene rings is 1. The molecule has 19 heavy (non-hydrogen) atoms. The number of methoxy groups -OCH3 is 1. The molecule has 0 spiro atoms. The van der Waals surface area contributed by atoms with E-state index in [0.29, 0.717) is 18.0 Å². The second-order valence-electron chi connectivity index (χ2n) is 4.35. The lowest BCUT2D eigenvalue weighted by atomic mass is 10.1. The van der Waals surface area contributed by atoms with Crippen LogP contribution in [0.15, 0.2) is 18.2 Å². The summed E-state index contributed by atoms with van der Waals surface area (Å²) in [5, 5.41) is 2.71. The van der Waals surface area contributed by atoms with E-state index in [1.165, 1.54) is 0 Å². The van der Waals surface area contributed by atoms with E-state index in [-0.39, 0.29) is 11.9 Å². The second-order valence-corrected chi connectivity index (χ2v) is 4.35. The molecule has 1 rings (SSSR count). The Morgan fingerprint density at radius 1 is 1.37 bits per heavy atom. The Morgan fingerprint density at radius 3 is 2.58 bits per heavy atom. The van der Waals surface area contributed by atoms with Crippen molar-refractivity contribution in [3.8, 4) is 11.5 Å². The minimum Gasteiger partial charge on any atom is -0.493 e. The third kappa shape index (κ3) is 4.13. The van der Waals surface area contributed by atoms with Crippen LogP contribution in [0, 0.1) is 0 Å². The quantitative estimate of drug-likeness (QED) is 0.820. The molecule has 5 heteroatoms. The van der Waals surface area contributed by atoms with Gasteiger partial charge in [0.25, 0.3) is 5.91 Å². The van der Waals surface area contributed by atoms with Crippen LogP contribution in [0.3, 0.4) is 0 Å². The molecule has 106 valence electrons. The van der Waals surface area contributed by atoms with Crippen LogP contribution in [0.4, 0.5) is 0 Å². The van der Waals surface area contributed by atoms with E-state index in [2.05, 4.69) is 5.32 Å². The molecule has 0 aliphatic rings. The molecular formula is C14H22N2O3. The summed E-state index contributed by atoms with van der Waals surface area (Å²) in [4.78, 5) is 11.6.